The van der Waals surface area contributed by atoms with Gasteiger partial charge in [-0.2, -0.15) is 0 Å². The minimum atomic E-state index is -0.485. The maximum absolute atomic E-state index is 12.2. The number of likely N-dealkylation sites (N-methyl/N-ethyl adjacent to an activating group) is 1. The second kappa shape index (κ2) is 3.66. The molecule has 2 rings (SSSR count). The topological polar surface area (TPSA) is 40.5 Å². The molecule has 0 spiro atoms. The number of carbonyl (C=O) groups is 1. The van der Waals surface area contributed by atoms with Crippen LogP contribution >= 0.6 is 0 Å². The molecular weight excluding hydrogens is 214 g/mol. The van der Waals surface area contributed by atoms with E-state index in [1.54, 1.807) is 6.08 Å². The first-order chi connectivity index (χ1) is 7.71. The standard InChI is InChI=1S/C14H23NO2/c1-13(2,3)11-8-10(17)12-9(16)6-7-14(11,12)15(4)5/h8-9,12,16H,6-7H2,1-5H3/t9-,12?,14+/m0/s1. The maximum atomic E-state index is 12.2. The van der Waals surface area contributed by atoms with Gasteiger partial charge >= 0.3 is 0 Å². The number of fused-ring (bicyclic) bond motifs is 1. The molecule has 17 heavy (non-hydrogen) atoms. The third-order valence-electron chi connectivity index (χ3n) is 4.39. The maximum Gasteiger partial charge on any atom is 0.163 e. The summed E-state index contributed by atoms with van der Waals surface area (Å²) in [6.07, 6.45) is 2.90. The Bertz CT molecular complexity index is 378. The van der Waals surface area contributed by atoms with E-state index >= 15 is 0 Å². The van der Waals surface area contributed by atoms with Crippen molar-refractivity contribution in [3.05, 3.63) is 11.6 Å². The molecule has 0 saturated heterocycles. The largest absolute Gasteiger partial charge is 0.392 e. The van der Waals surface area contributed by atoms with Crippen molar-refractivity contribution in [3.8, 4) is 0 Å². The first kappa shape index (κ1) is 12.8. The Morgan fingerprint density at radius 1 is 1.41 bits per heavy atom. The van der Waals surface area contributed by atoms with Gasteiger partial charge in [0.2, 0.25) is 0 Å². The Balaban J connectivity index is 2.55. The van der Waals surface area contributed by atoms with Crippen LogP contribution in [0.4, 0.5) is 0 Å². The van der Waals surface area contributed by atoms with Crippen LogP contribution < -0.4 is 0 Å². The van der Waals surface area contributed by atoms with Gasteiger partial charge in [0, 0.05) is 0 Å². The molecule has 1 fully saturated rings. The van der Waals surface area contributed by atoms with Crippen LogP contribution in [0.5, 0.6) is 0 Å². The molecule has 2 aliphatic rings. The molecule has 0 aromatic heterocycles. The highest BCUT2D eigenvalue weighted by Crippen LogP contribution is 2.54. The first-order valence-electron chi connectivity index (χ1n) is 6.33. The number of hydrogen-bond acceptors (Lipinski definition) is 3. The zero-order valence-electron chi connectivity index (χ0n) is 11.4. The third-order valence-corrected chi connectivity index (χ3v) is 4.39. The SMILES string of the molecule is CN(C)[C@@]12CC[C@H](O)C1C(=O)C=C2C(C)(C)C. The van der Waals surface area contributed by atoms with Crippen molar-refractivity contribution in [2.24, 2.45) is 11.3 Å². The van der Waals surface area contributed by atoms with Gasteiger partial charge in [-0.15, -0.1) is 0 Å². The molecule has 3 atom stereocenters. The smallest absolute Gasteiger partial charge is 0.163 e. The highest BCUT2D eigenvalue weighted by atomic mass is 16.3. The molecule has 0 aromatic rings. The number of allylic oxidation sites excluding steroid dienone is 1. The average Bonchev–Trinajstić information content (AvgIpc) is 2.65. The first-order valence-corrected chi connectivity index (χ1v) is 6.33. The predicted molar refractivity (Wildman–Crippen MR) is 67.7 cm³/mol. The van der Waals surface area contributed by atoms with E-state index < -0.39 is 6.10 Å². The van der Waals surface area contributed by atoms with Crippen LogP contribution in [0.3, 0.4) is 0 Å². The van der Waals surface area contributed by atoms with Crippen molar-refractivity contribution in [3.63, 3.8) is 0 Å². The minimum Gasteiger partial charge on any atom is -0.392 e. The molecular formula is C14H23NO2. The molecule has 1 saturated carbocycles. The summed E-state index contributed by atoms with van der Waals surface area (Å²) in [5.74, 6) is -0.152. The lowest BCUT2D eigenvalue weighted by Gasteiger charge is -2.44. The average molecular weight is 237 g/mol. The summed E-state index contributed by atoms with van der Waals surface area (Å²) in [7, 11) is 4.03. The molecule has 0 radical (unpaired) electrons. The van der Waals surface area contributed by atoms with Gasteiger partial charge in [0.15, 0.2) is 5.78 Å². The zero-order chi connectivity index (χ0) is 13.0. The molecule has 1 unspecified atom stereocenters. The van der Waals surface area contributed by atoms with Gasteiger partial charge in [-0.25, -0.2) is 0 Å². The van der Waals surface area contributed by atoms with Gasteiger partial charge in [-0.3, -0.25) is 9.69 Å². The summed E-state index contributed by atoms with van der Waals surface area (Å²) in [6, 6.07) is 0. The molecule has 0 heterocycles. The number of carbonyl (C=O) groups excluding carboxylic acids is 1. The van der Waals surface area contributed by atoms with E-state index in [0.717, 1.165) is 12.8 Å². The van der Waals surface area contributed by atoms with Crippen LogP contribution in [-0.2, 0) is 4.79 Å². The van der Waals surface area contributed by atoms with Crippen LogP contribution in [0, 0.1) is 11.3 Å². The fourth-order valence-corrected chi connectivity index (χ4v) is 3.70. The van der Waals surface area contributed by atoms with Gasteiger partial charge in [0.25, 0.3) is 0 Å². The number of aliphatic hydroxyl groups excluding tert-OH is 1. The molecule has 0 aromatic carbocycles. The van der Waals surface area contributed by atoms with E-state index in [2.05, 4.69) is 25.7 Å². The normalized spacial score (nSPS) is 37.6. The van der Waals surface area contributed by atoms with E-state index in [0.29, 0.717) is 0 Å². The Morgan fingerprint density at radius 2 is 2.00 bits per heavy atom. The van der Waals surface area contributed by atoms with Crippen LogP contribution in [0.25, 0.3) is 0 Å². The van der Waals surface area contributed by atoms with E-state index in [4.69, 9.17) is 0 Å². The van der Waals surface area contributed by atoms with Crippen LogP contribution in [-0.4, -0.2) is 41.5 Å². The molecule has 0 amide bonds. The lowest BCUT2D eigenvalue weighted by Crippen LogP contribution is -2.52. The third kappa shape index (κ3) is 1.59. The van der Waals surface area contributed by atoms with Gasteiger partial charge in [-0.05, 0) is 44.0 Å². The van der Waals surface area contributed by atoms with Crippen LogP contribution in [0.1, 0.15) is 33.6 Å². The van der Waals surface area contributed by atoms with E-state index in [1.165, 1.54) is 5.57 Å². The van der Waals surface area contributed by atoms with Crippen LogP contribution in [0.2, 0.25) is 0 Å². The highest BCUT2D eigenvalue weighted by molar-refractivity contribution is 5.98. The molecule has 2 aliphatic carbocycles. The van der Waals surface area contributed by atoms with Crippen LogP contribution in [0.15, 0.2) is 11.6 Å². The quantitative estimate of drug-likeness (QED) is 0.753. The number of hydrogen-bond donors (Lipinski definition) is 1. The minimum absolute atomic E-state index is 0.0290. The number of nitrogens with zero attached hydrogens (tertiary/aromatic N) is 1. The molecule has 0 aliphatic heterocycles. The summed E-state index contributed by atoms with van der Waals surface area (Å²) in [4.78, 5) is 14.3. The second-order valence-electron chi connectivity index (χ2n) is 6.61. The molecule has 1 N–H and O–H groups in total. The summed E-state index contributed by atoms with van der Waals surface area (Å²) in [5, 5.41) is 10.1. The predicted octanol–water partition coefficient (Wildman–Crippen LogP) is 1.61. The summed E-state index contributed by atoms with van der Waals surface area (Å²) < 4.78 is 0. The van der Waals surface area contributed by atoms with E-state index in [-0.39, 0.29) is 22.7 Å². The number of aliphatic hydroxyl groups is 1. The van der Waals surface area contributed by atoms with Gasteiger partial charge < -0.3 is 5.11 Å². The van der Waals surface area contributed by atoms with Crippen molar-refractivity contribution in [1.29, 1.82) is 0 Å². The lowest BCUT2D eigenvalue weighted by molar-refractivity contribution is -0.122. The molecule has 96 valence electrons. The van der Waals surface area contributed by atoms with Crippen molar-refractivity contribution < 1.29 is 9.90 Å². The van der Waals surface area contributed by atoms with Gasteiger partial charge in [0.05, 0.1) is 17.6 Å². The van der Waals surface area contributed by atoms with Gasteiger partial charge in [0.1, 0.15) is 0 Å². The zero-order valence-corrected chi connectivity index (χ0v) is 11.4. The Kier molecular flexibility index (Phi) is 2.75. The Labute approximate surface area is 103 Å². The second-order valence-corrected chi connectivity index (χ2v) is 6.61. The molecule has 0 bridgehead atoms. The van der Waals surface area contributed by atoms with E-state index in [1.807, 2.05) is 14.1 Å². The van der Waals surface area contributed by atoms with Crippen molar-refractivity contribution in [2.75, 3.05) is 14.1 Å². The molecule has 3 heteroatoms. The summed E-state index contributed by atoms with van der Waals surface area (Å²) in [5.41, 5.74) is 0.898. The summed E-state index contributed by atoms with van der Waals surface area (Å²) in [6.45, 7) is 6.43. The number of ketones is 1. The Morgan fingerprint density at radius 3 is 2.47 bits per heavy atom. The van der Waals surface area contributed by atoms with Crippen molar-refractivity contribution >= 4 is 5.78 Å². The van der Waals surface area contributed by atoms with Gasteiger partial charge in [-0.1, -0.05) is 20.8 Å². The van der Waals surface area contributed by atoms with Crippen molar-refractivity contribution in [2.45, 2.75) is 45.3 Å². The highest BCUT2D eigenvalue weighted by Gasteiger charge is 2.59. The fourth-order valence-electron chi connectivity index (χ4n) is 3.70. The monoisotopic (exact) mass is 237 g/mol. The fraction of sp³-hybridized carbons (Fsp3) is 0.786. The van der Waals surface area contributed by atoms with Crippen molar-refractivity contribution in [1.82, 2.24) is 4.90 Å². The van der Waals surface area contributed by atoms with E-state index in [9.17, 15) is 9.90 Å². The lowest BCUT2D eigenvalue weighted by atomic mass is 9.72. The number of rotatable bonds is 1. The summed E-state index contributed by atoms with van der Waals surface area (Å²) >= 11 is 0. The Hall–Kier alpha value is -0.670. The molecule has 3 nitrogen and oxygen atoms in total.